The molecule has 2 atom stereocenters. The fraction of sp³-hybridized carbons (Fsp3) is 0.429. The van der Waals surface area contributed by atoms with Crippen LogP contribution in [-0.4, -0.2) is 27.6 Å². The van der Waals surface area contributed by atoms with Crippen molar-refractivity contribution in [3.8, 4) is 0 Å². The van der Waals surface area contributed by atoms with E-state index in [1.165, 1.54) is 0 Å². The van der Waals surface area contributed by atoms with Crippen LogP contribution < -0.4 is 0 Å². The van der Waals surface area contributed by atoms with E-state index in [1.54, 1.807) is 31.2 Å². The summed E-state index contributed by atoms with van der Waals surface area (Å²) in [4.78, 5) is 22.9. The molecule has 0 heterocycles. The number of carbonyl (C=O) groups excluding carboxylic acids is 1. The van der Waals surface area contributed by atoms with Gasteiger partial charge in [0, 0.05) is 18.3 Å². The summed E-state index contributed by atoms with van der Waals surface area (Å²) in [6.45, 7) is 1.71. The van der Waals surface area contributed by atoms with Crippen LogP contribution in [0.5, 0.6) is 0 Å². The van der Waals surface area contributed by atoms with E-state index in [4.69, 9.17) is 0 Å². The Kier molecular flexibility index (Phi) is 2.99. The largest absolute Gasteiger partial charge is 0.479 e. The maximum absolute atomic E-state index is 11.5. The number of benzene rings is 1. The van der Waals surface area contributed by atoms with Crippen molar-refractivity contribution in [2.24, 2.45) is 0 Å². The summed E-state index contributed by atoms with van der Waals surface area (Å²) in [5, 5.41) is 19.8. The second kappa shape index (κ2) is 4.21. The van der Waals surface area contributed by atoms with Gasteiger partial charge in [-0.2, -0.15) is 0 Å². The average Bonchev–Trinajstić information content (AvgIpc) is 2.35. The van der Waals surface area contributed by atoms with Gasteiger partial charge in [0.2, 0.25) is 0 Å². The summed E-state index contributed by atoms with van der Waals surface area (Å²) < 4.78 is 0. The standard InChI is InChI=1S/C14H16O4/c1-13(10-5-3-2-4-6-10)8-7-11(15)9-14(13,18)12(16)17/h2-6,18H,7-9H2,1H3,(H,16,17). The lowest BCUT2D eigenvalue weighted by atomic mass is 9.60. The first-order valence-electron chi connectivity index (χ1n) is 5.93. The third kappa shape index (κ3) is 1.73. The molecule has 0 saturated heterocycles. The van der Waals surface area contributed by atoms with Crippen molar-refractivity contribution in [3.63, 3.8) is 0 Å². The molecule has 0 amide bonds. The SMILES string of the molecule is CC1(c2ccccc2)CCC(=O)CC1(O)C(=O)O. The van der Waals surface area contributed by atoms with E-state index in [2.05, 4.69) is 0 Å². The molecule has 2 rings (SSSR count). The third-order valence-electron chi connectivity index (χ3n) is 4.03. The van der Waals surface area contributed by atoms with Crippen molar-refractivity contribution in [1.82, 2.24) is 0 Å². The maximum atomic E-state index is 11.5. The molecule has 1 fully saturated rings. The summed E-state index contributed by atoms with van der Waals surface area (Å²) >= 11 is 0. The van der Waals surface area contributed by atoms with Crippen LogP contribution in [0.25, 0.3) is 0 Å². The Morgan fingerprint density at radius 2 is 1.89 bits per heavy atom. The van der Waals surface area contributed by atoms with Crippen molar-refractivity contribution in [2.45, 2.75) is 37.2 Å². The lowest BCUT2D eigenvalue weighted by Gasteiger charge is -2.45. The van der Waals surface area contributed by atoms with E-state index in [1.807, 2.05) is 6.07 Å². The lowest BCUT2D eigenvalue weighted by molar-refractivity contribution is -0.174. The zero-order valence-electron chi connectivity index (χ0n) is 10.2. The minimum atomic E-state index is -2.02. The molecule has 4 nitrogen and oxygen atoms in total. The molecule has 1 aliphatic carbocycles. The molecular weight excluding hydrogens is 232 g/mol. The molecule has 96 valence electrons. The summed E-state index contributed by atoms with van der Waals surface area (Å²) in [6, 6.07) is 9.03. The fourth-order valence-corrected chi connectivity index (χ4v) is 2.67. The van der Waals surface area contributed by atoms with Gasteiger partial charge in [-0.15, -0.1) is 0 Å². The number of carboxylic acid groups (broad SMARTS) is 1. The van der Waals surface area contributed by atoms with Crippen LogP contribution in [0.2, 0.25) is 0 Å². The first kappa shape index (κ1) is 12.8. The number of aliphatic carboxylic acids is 1. The highest BCUT2D eigenvalue weighted by atomic mass is 16.4. The van der Waals surface area contributed by atoms with E-state index >= 15 is 0 Å². The molecule has 2 unspecified atom stereocenters. The smallest absolute Gasteiger partial charge is 0.337 e. The summed E-state index contributed by atoms with van der Waals surface area (Å²) in [5.74, 6) is -1.53. The molecule has 1 aromatic carbocycles. The highest BCUT2D eigenvalue weighted by Gasteiger charge is 2.57. The van der Waals surface area contributed by atoms with E-state index < -0.39 is 17.0 Å². The highest BCUT2D eigenvalue weighted by Crippen LogP contribution is 2.45. The molecule has 1 aliphatic rings. The normalized spacial score (nSPS) is 32.2. The Bertz CT molecular complexity index is 482. The van der Waals surface area contributed by atoms with Gasteiger partial charge in [-0.3, -0.25) is 4.79 Å². The summed E-state index contributed by atoms with van der Waals surface area (Å²) in [7, 11) is 0. The molecule has 0 radical (unpaired) electrons. The van der Waals surface area contributed by atoms with Gasteiger partial charge in [0.15, 0.2) is 5.60 Å². The molecule has 18 heavy (non-hydrogen) atoms. The van der Waals surface area contributed by atoms with Crippen molar-refractivity contribution in [2.75, 3.05) is 0 Å². The lowest BCUT2D eigenvalue weighted by Crippen LogP contribution is -2.59. The monoisotopic (exact) mass is 248 g/mol. The Morgan fingerprint density at radius 3 is 2.44 bits per heavy atom. The van der Waals surface area contributed by atoms with Crippen LogP contribution in [0.1, 0.15) is 31.7 Å². The predicted molar refractivity (Wildman–Crippen MR) is 65.2 cm³/mol. The Hall–Kier alpha value is -1.68. The molecule has 0 aliphatic heterocycles. The van der Waals surface area contributed by atoms with Crippen LogP contribution >= 0.6 is 0 Å². The van der Waals surface area contributed by atoms with E-state index in [-0.39, 0.29) is 12.2 Å². The quantitative estimate of drug-likeness (QED) is 0.832. The molecule has 1 saturated carbocycles. The van der Waals surface area contributed by atoms with Crippen LogP contribution in [0.4, 0.5) is 0 Å². The zero-order chi connectivity index (χ0) is 13.4. The van der Waals surface area contributed by atoms with Gasteiger partial charge in [0.25, 0.3) is 0 Å². The molecule has 0 aromatic heterocycles. The molecule has 2 N–H and O–H groups in total. The predicted octanol–water partition coefficient (Wildman–Crippen LogP) is 1.51. The number of aliphatic hydroxyl groups is 1. The minimum Gasteiger partial charge on any atom is -0.479 e. The van der Waals surface area contributed by atoms with Crippen molar-refractivity contribution >= 4 is 11.8 Å². The van der Waals surface area contributed by atoms with E-state index in [0.29, 0.717) is 12.8 Å². The number of hydrogen-bond donors (Lipinski definition) is 2. The molecule has 0 spiro atoms. The first-order chi connectivity index (χ1) is 8.40. The van der Waals surface area contributed by atoms with Crippen LogP contribution in [-0.2, 0) is 15.0 Å². The number of rotatable bonds is 2. The molecule has 4 heteroatoms. The number of carbonyl (C=O) groups is 2. The topological polar surface area (TPSA) is 74.6 Å². The van der Waals surface area contributed by atoms with Gasteiger partial charge < -0.3 is 10.2 Å². The first-order valence-corrected chi connectivity index (χ1v) is 5.93. The number of hydrogen-bond acceptors (Lipinski definition) is 3. The Balaban J connectivity index is 2.53. The van der Waals surface area contributed by atoms with E-state index in [9.17, 15) is 19.8 Å². The molecule has 1 aromatic rings. The summed E-state index contributed by atoms with van der Waals surface area (Å²) in [6.07, 6.45) is 0.327. The van der Waals surface area contributed by atoms with Gasteiger partial charge in [-0.1, -0.05) is 37.3 Å². The zero-order valence-corrected chi connectivity index (χ0v) is 10.2. The van der Waals surface area contributed by atoms with Gasteiger partial charge in [-0.25, -0.2) is 4.79 Å². The number of Topliss-reactive ketones (excluding diaryl/α,β-unsaturated/α-hetero) is 1. The van der Waals surface area contributed by atoms with Gasteiger partial charge in [0.1, 0.15) is 5.78 Å². The van der Waals surface area contributed by atoms with Gasteiger partial charge in [-0.05, 0) is 12.0 Å². The molecular formula is C14H16O4. The van der Waals surface area contributed by atoms with Gasteiger partial charge >= 0.3 is 5.97 Å². The number of ketones is 1. The van der Waals surface area contributed by atoms with Gasteiger partial charge in [0.05, 0.1) is 0 Å². The molecule has 0 bridgehead atoms. The Labute approximate surface area is 105 Å². The Morgan fingerprint density at radius 1 is 1.28 bits per heavy atom. The second-order valence-corrected chi connectivity index (χ2v) is 5.08. The highest BCUT2D eigenvalue weighted by molar-refractivity contribution is 5.91. The average molecular weight is 248 g/mol. The second-order valence-electron chi connectivity index (χ2n) is 5.08. The van der Waals surface area contributed by atoms with Crippen molar-refractivity contribution in [1.29, 1.82) is 0 Å². The van der Waals surface area contributed by atoms with E-state index in [0.717, 1.165) is 5.56 Å². The third-order valence-corrected chi connectivity index (χ3v) is 4.03. The minimum absolute atomic E-state index is 0.201. The van der Waals surface area contributed by atoms with Crippen LogP contribution in [0.3, 0.4) is 0 Å². The van der Waals surface area contributed by atoms with Crippen LogP contribution in [0.15, 0.2) is 30.3 Å². The van der Waals surface area contributed by atoms with Crippen molar-refractivity contribution in [3.05, 3.63) is 35.9 Å². The fourth-order valence-electron chi connectivity index (χ4n) is 2.67. The van der Waals surface area contributed by atoms with Crippen molar-refractivity contribution < 1.29 is 19.8 Å². The number of carboxylic acids is 1. The summed E-state index contributed by atoms with van der Waals surface area (Å²) in [5.41, 5.74) is -2.21. The maximum Gasteiger partial charge on any atom is 0.337 e. The van der Waals surface area contributed by atoms with Crippen LogP contribution in [0, 0.1) is 0 Å².